The highest BCUT2D eigenvalue weighted by Crippen LogP contribution is 2.09. The third-order valence-corrected chi connectivity index (χ3v) is 3.01. The summed E-state index contributed by atoms with van der Waals surface area (Å²) in [6.07, 6.45) is 2.08. The Morgan fingerprint density at radius 3 is 3.06 bits per heavy atom. The molecule has 0 aromatic heterocycles. The Bertz CT molecular complexity index is 392. The van der Waals surface area contributed by atoms with Crippen LogP contribution in [0, 0.1) is 0 Å². The van der Waals surface area contributed by atoms with E-state index in [1.807, 2.05) is 18.2 Å². The zero-order valence-corrected chi connectivity index (χ0v) is 9.98. The van der Waals surface area contributed by atoms with Crippen LogP contribution in [0.5, 0.6) is 0 Å². The average Bonchev–Trinajstić information content (AvgIpc) is 2.29. The number of hydrogen-bond donors (Lipinski definition) is 2. The van der Waals surface area contributed by atoms with Gasteiger partial charge in [0.25, 0.3) is 0 Å². The van der Waals surface area contributed by atoms with Crippen molar-refractivity contribution in [1.29, 1.82) is 0 Å². The first-order valence-corrected chi connectivity index (χ1v) is 6.07. The number of nitrogens with zero attached hydrogens (tertiary/aromatic N) is 1. The van der Waals surface area contributed by atoms with Gasteiger partial charge in [-0.25, -0.2) is 0 Å². The molecule has 4 heteroatoms. The Morgan fingerprint density at radius 1 is 1.41 bits per heavy atom. The SMILES string of the molecule is Nc1cccc(CCCN2CCNC(=O)C2)c1. The smallest absolute Gasteiger partial charge is 0.234 e. The number of hydrogen-bond acceptors (Lipinski definition) is 3. The Kier molecular flexibility index (Phi) is 3.98. The number of benzene rings is 1. The van der Waals surface area contributed by atoms with E-state index in [0.717, 1.165) is 38.2 Å². The maximum atomic E-state index is 11.2. The molecule has 1 aromatic carbocycles. The van der Waals surface area contributed by atoms with E-state index in [-0.39, 0.29) is 5.91 Å². The summed E-state index contributed by atoms with van der Waals surface area (Å²) in [6, 6.07) is 8.00. The molecule has 0 aliphatic carbocycles. The van der Waals surface area contributed by atoms with Gasteiger partial charge in [-0.3, -0.25) is 9.69 Å². The number of nitrogen functional groups attached to an aromatic ring is 1. The summed E-state index contributed by atoms with van der Waals surface area (Å²) in [5.74, 6) is 0.139. The van der Waals surface area contributed by atoms with Crippen LogP contribution in [0.2, 0.25) is 0 Å². The Balaban J connectivity index is 1.74. The van der Waals surface area contributed by atoms with Crippen molar-refractivity contribution in [2.45, 2.75) is 12.8 Å². The molecule has 0 saturated carbocycles. The molecule has 1 aliphatic rings. The second kappa shape index (κ2) is 5.68. The fraction of sp³-hybridized carbons (Fsp3) is 0.462. The predicted molar refractivity (Wildman–Crippen MR) is 68.6 cm³/mol. The van der Waals surface area contributed by atoms with Crippen molar-refractivity contribution in [3.63, 3.8) is 0 Å². The van der Waals surface area contributed by atoms with Crippen LogP contribution < -0.4 is 11.1 Å². The van der Waals surface area contributed by atoms with Gasteiger partial charge >= 0.3 is 0 Å². The number of carbonyl (C=O) groups excluding carboxylic acids is 1. The molecular formula is C13H19N3O. The summed E-state index contributed by atoms with van der Waals surface area (Å²) in [5, 5.41) is 2.83. The van der Waals surface area contributed by atoms with Gasteiger partial charge in [-0.1, -0.05) is 12.1 Å². The van der Waals surface area contributed by atoms with E-state index in [2.05, 4.69) is 16.3 Å². The molecule has 17 heavy (non-hydrogen) atoms. The van der Waals surface area contributed by atoms with Gasteiger partial charge in [0.2, 0.25) is 5.91 Å². The van der Waals surface area contributed by atoms with Crippen molar-refractivity contribution < 1.29 is 4.79 Å². The Morgan fingerprint density at radius 2 is 2.29 bits per heavy atom. The minimum Gasteiger partial charge on any atom is -0.399 e. The van der Waals surface area contributed by atoms with Crippen molar-refractivity contribution >= 4 is 11.6 Å². The van der Waals surface area contributed by atoms with E-state index in [4.69, 9.17) is 5.73 Å². The van der Waals surface area contributed by atoms with E-state index in [1.54, 1.807) is 0 Å². The minimum atomic E-state index is 0.139. The third-order valence-electron chi connectivity index (χ3n) is 3.01. The monoisotopic (exact) mass is 233 g/mol. The maximum absolute atomic E-state index is 11.2. The van der Waals surface area contributed by atoms with Crippen molar-refractivity contribution in [3.05, 3.63) is 29.8 Å². The number of nitrogens with one attached hydrogen (secondary N) is 1. The lowest BCUT2D eigenvalue weighted by molar-refractivity contribution is -0.124. The normalized spacial score (nSPS) is 16.8. The fourth-order valence-corrected chi connectivity index (χ4v) is 2.14. The number of piperazine rings is 1. The summed E-state index contributed by atoms with van der Waals surface area (Å²) in [5.41, 5.74) is 7.82. The van der Waals surface area contributed by atoms with Crippen LogP contribution in [0.4, 0.5) is 5.69 Å². The van der Waals surface area contributed by atoms with Gasteiger partial charge in [-0.2, -0.15) is 0 Å². The first-order chi connectivity index (χ1) is 8.24. The molecule has 1 aliphatic heterocycles. The van der Waals surface area contributed by atoms with Crippen molar-refractivity contribution in [1.82, 2.24) is 10.2 Å². The number of carbonyl (C=O) groups is 1. The quantitative estimate of drug-likeness (QED) is 0.750. The number of aryl methyl sites for hydroxylation is 1. The zero-order valence-electron chi connectivity index (χ0n) is 9.98. The van der Waals surface area contributed by atoms with Gasteiger partial charge < -0.3 is 11.1 Å². The Labute approximate surface area is 102 Å². The molecule has 1 fully saturated rings. The van der Waals surface area contributed by atoms with Crippen LogP contribution in [0.15, 0.2) is 24.3 Å². The van der Waals surface area contributed by atoms with Crippen LogP contribution >= 0.6 is 0 Å². The summed E-state index contributed by atoms with van der Waals surface area (Å²) < 4.78 is 0. The lowest BCUT2D eigenvalue weighted by Crippen LogP contribution is -2.47. The van der Waals surface area contributed by atoms with Crippen molar-refractivity contribution in [3.8, 4) is 0 Å². The number of amides is 1. The molecule has 1 aromatic rings. The standard InChI is InChI=1S/C13H19N3O/c14-12-5-1-3-11(9-12)4-2-7-16-8-6-15-13(17)10-16/h1,3,5,9H,2,4,6-8,10,14H2,(H,15,17). The van der Waals surface area contributed by atoms with E-state index in [0.29, 0.717) is 6.54 Å². The molecule has 4 nitrogen and oxygen atoms in total. The molecule has 0 spiro atoms. The molecule has 1 saturated heterocycles. The van der Waals surface area contributed by atoms with Crippen molar-refractivity contribution in [2.24, 2.45) is 0 Å². The largest absolute Gasteiger partial charge is 0.399 e. The van der Waals surface area contributed by atoms with Gasteiger partial charge in [0, 0.05) is 18.8 Å². The molecular weight excluding hydrogens is 214 g/mol. The van der Waals surface area contributed by atoms with Crippen LogP contribution in [0.25, 0.3) is 0 Å². The first-order valence-electron chi connectivity index (χ1n) is 6.07. The number of nitrogens with two attached hydrogens (primary N) is 1. The second-order valence-electron chi connectivity index (χ2n) is 4.47. The molecule has 2 rings (SSSR count). The zero-order chi connectivity index (χ0) is 12.1. The molecule has 3 N–H and O–H groups in total. The summed E-state index contributed by atoms with van der Waals surface area (Å²) in [6.45, 7) is 3.25. The average molecular weight is 233 g/mol. The highest BCUT2D eigenvalue weighted by atomic mass is 16.2. The van der Waals surface area contributed by atoms with Crippen LogP contribution in [0.3, 0.4) is 0 Å². The van der Waals surface area contributed by atoms with Crippen LogP contribution in [-0.2, 0) is 11.2 Å². The molecule has 0 unspecified atom stereocenters. The van der Waals surface area contributed by atoms with Gasteiger partial charge in [-0.15, -0.1) is 0 Å². The number of rotatable bonds is 4. The van der Waals surface area contributed by atoms with E-state index in [1.165, 1.54) is 5.56 Å². The highest BCUT2D eigenvalue weighted by molar-refractivity contribution is 5.78. The summed E-state index contributed by atoms with van der Waals surface area (Å²) >= 11 is 0. The highest BCUT2D eigenvalue weighted by Gasteiger charge is 2.14. The fourth-order valence-electron chi connectivity index (χ4n) is 2.14. The molecule has 1 heterocycles. The van der Waals surface area contributed by atoms with E-state index >= 15 is 0 Å². The summed E-state index contributed by atoms with van der Waals surface area (Å²) in [4.78, 5) is 13.4. The molecule has 92 valence electrons. The van der Waals surface area contributed by atoms with Gasteiger partial charge in [0.05, 0.1) is 6.54 Å². The first kappa shape index (κ1) is 11.9. The maximum Gasteiger partial charge on any atom is 0.234 e. The number of anilines is 1. The summed E-state index contributed by atoms with van der Waals surface area (Å²) in [7, 11) is 0. The van der Waals surface area contributed by atoms with Crippen LogP contribution in [0.1, 0.15) is 12.0 Å². The predicted octanol–water partition coefficient (Wildman–Crippen LogP) is 0.633. The second-order valence-corrected chi connectivity index (χ2v) is 4.47. The van der Waals surface area contributed by atoms with E-state index < -0.39 is 0 Å². The van der Waals surface area contributed by atoms with Crippen molar-refractivity contribution in [2.75, 3.05) is 31.9 Å². The third kappa shape index (κ3) is 3.75. The van der Waals surface area contributed by atoms with Crippen LogP contribution in [-0.4, -0.2) is 37.0 Å². The molecule has 1 amide bonds. The topological polar surface area (TPSA) is 58.4 Å². The van der Waals surface area contributed by atoms with Gasteiger partial charge in [-0.05, 0) is 37.1 Å². The Hall–Kier alpha value is -1.55. The lowest BCUT2D eigenvalue weighted by Gasteiger charge is -2.26. The molecule has 0 radical (unpaired) electrons. The lowest BCUT2D eigenvalue weighted by atomic mass is 10.1. The van der Waals surface area contributed by atoms with E-state index in [9.17, 15) is 4.79 Å². The molecule has 0 bridgehead atoms. The van der Waals surface area contributed by atoms with Gasteiger partial charge in [0.1, 0.15) is 0 Å². The minimum absolute atomic E-state index is 0.139. The van der Waals surface area contributed by atoms with Gasteiger partial charge in [0.15, 0.2) is 0 Å². The molecule has 0 atom stereocenters.